The van der Waals surface area contributed by atoms with Gasteiger partial charge in [-0.3, -0.25) is 4.79 Å². The summed E-state index contributed by atoms with van der Waals surface area (Å²) < 4.78 is -0.104. The molecular formula is C6H11ClOS. The summed E-state index contributed by atoms with van der Waals surface area (Å²) in [5.74, 6) is 0.511. The average molecular weight is 167 g/mol. The lowest BCUT2D eigenvalue weighted by molar-refractivity contribution is -0.109. The summed E-state index contributed by atoms with van der Waals surface area (Å²) in [5.41, 5.74) is 0. The minimum absolute atomic E-state index is 0.104. The van der Waals surface area contributed by atoms with Crippen LogP contribution in [-0.4, -0.2) is 15.7 Å². The fourth-order valence-corrected chi connectivity index (χ4v) is 1.41. The monoisotopic (exact) mass is 166 g/mol. The molecule has 0 aromatic carbocycles. The van der Waals surface area contributed by atoms with Crippen molar-refractivity contribution in [1.82, 2.24) is 0 Å². The van der Waals surface area contributed by atoms with Crippen molar-refractivity contribution in [2.45, 2.75) is 25.5 Å². The van der Waals surface area contributed by atoms with Crippen molar-refractivity contribution in [1.29, 1.82) is 0 Å². The summed E-state index contributed by atoms with van der Waals surface area (Å²) >= 11 is 6.85. The van der Waals surface area contributed by atoms with Gasteiger partial charge in [-0.1, -0.05) is 11.8 Å². The van der Waals surface area contributed by atoms with Crippen LogP contribution in [0, 0.1) is 0 Å². The second-order valence-corrected chi connectivity index (χ2v) is 4.64. The van der Waals surface area contributed by atoms with Crippen LogP contribution in [0.5, 0.6) is 0 Å². The lowest BCUT2D eigenvalue weighted by Gasteiger charge is -2.17. The molecule has 9 heavy (non-hydrogen) atoms. The molecule has 0 fully saturated rings. The van der Waals surface area contributed by atoms with Gasteiger partial charge in [-0.2, -0.15) is 0 Å². The second kappa shape index (κ2) is 3.47. The van der Waals surface area contributed by atoms with Gasteiger partial charge < -0.3 is 0 Å². The Morgan fingerprint density at radius 2 is 2.11 bits per heavy atom. The number of alkyl halides is 1. The predicted octanol–water partition coefficient (Wildman–Crippen LogP) is 2.28. The van der Waals surface area contributed by atoms with Gasteiger partial charge in [-0.05, 0) is 13.8 Å². The quantitative estimate of drug-likeness (QED) is 0.586. The van der Waals surface area contributed by atoms with Crippen LogP contribution in [0.25, 0.3) is 0 Å². The number of hydrogen-bond donors (Lipinski definition) is 0. The van der Waals surface area contributed by atoms with Gasteiger partial charge in [-0.25, -0.2) is 0 Å². The molecule has 0 spiro atoms. The Balaban J connectivity index is 3.71. The van der Waals surface area contributed by atoms with Crippen LogP contribution in [0.3, 0.4) is 0 Å². The van der Waals surface area contributed by atoms with E-state index in [4.69, 9.17) is 11.6 Å². The van der Waals surface area contributed by atoms with E-state index in [0.717, 1.165) is 0 Å². The van der Waals surface area contributed by atoms with Crippen LogP contribution < -0.4 is 0 Å². The lowest BCUT2D eigenvalue weighted by Crippen LogP contribution is -2.18. The highest BCUT2D eigenvalue weighted by Crippen LogP contribution is 2.25. The molecule has 0 heterocycles. The highest BCUT2D eigenvalue weighted by Gasteiger charge is 2.18. The molecule has 0 radical (unpaired) electrons. The molecule has 0 saturated heterocycles. The van der Waals surface area contributed by atoms with E-state index in [1.54, 1.807) is 6.92 Å². The first kappa shape index (κ1) is 9.31. The number of halogens is 1. The standard InChI is InChI=1S/C6H11ClOS/c1-5(8)9-6(2,3)4-7/h4H2,1-3H3. The molecule has 0 rings (SSSR count). The van der Waals surface area contributed by atoms with Crippen LogP contribution >= 0.6 is 23.4 Å². The summed E-state index contributed by atoms with van der Waals surface area (Å²) in [6, 6.07) is 0. The predicted molar refractivity (Wildman–Crippen MR) is 43.1 cm³/mol. The Kier molecular flexibility index (Phi) is 3.59. The molecule has 54 valence electrons. The Morgan fingerprint density at radius 3 is 2.22 bits per heavy atom. The van der Waals surface area contributed by atoms with E-state index in [2.05, 4.69) is 0 Å². The fraction of sp³-hybridized carbons (Fsp3) is 0.833. The minimum Gasteiger partial charge on any atom is -0.288 e. The van der Waals surface area contributed by atoms with Crippen molar-refractivity contribution in [3.05, 3.63) is 0 Å². The molecule has 0 N–H and O–H groups in total. The molecule has 0 aliphatic rings. The number of hydrogen-bond acceptors (Lipinski definition) is 2. The summed E-state index contributed by atoms with van der Waals surface area (Å²) in [6.45, 7) is 5.46. The smallest absolute Gasteiger partial charge is 0.186 e. The molecule has 0 amide bonds. The first-order valence-electron chi connectivity index (χ1n) is 2.73. The Hall–Kier alpha value is 0.310. The Morgan fingerprint density at radius 1 is 1.67 bits per heavy atom. The minimum atomic E-state index is -0.104. The Bertz CT molecular complexity index is 112. The van der Waals surface area contributed by atoms with Gasteiger partial charge in [0.15, 0.2) is 5.12 Å². The van der Waals surface area contributed by atoms with Gasteiger partial charge in [0.25, 0.3) is 0 Å². The molecule has 0 aromatic rings. The zero-order chi connectivity index (χ0) is 7.49. The first-order chi connectivity index (χ1) is 3.98. The van der Waals surface area contributed by atoms with E-state index in [-0.39, 0.29) is 9.86 Å². The number of thioether (sulfide) groups is 1. The summed E-state index contributed by atoms with van der Waals surface area (Å²) in [7, 11) is 0. The third-order valence-electron chi connectivity index (χ3n) is 0.742. The molecule has 0 aromatic heterocycles. The second-order valence-electron chi connectivity index (χ2n) is 2.49. The molecule has 3 heteroatoms. The first-order valence-corrected chi connectivity index (χ1v) is 4.08. The van der Waals surface area contributed by atoms with Crippen LogP contribution in [0.2, 0.25) is 0 Å². The molecule has 0 aliphatic carbocycles. The van der Waals surface area contributed by atoms with Gasteiger partial charge >= 0.3 is 0 Å². The summed E-state index contributed by atoms with van der Waals surface area (Å²) in [6.07, 6.45) is 0. The van der Waals surface area contributed by atoms with Crippen LogP contribution in [0.4, 0.5) is 0 Å². The molecule has 0 bridgehead atoms. The topological polar surface area (TPSA) is 17.1 Å². The van der Waals surface area contributed by atoms with Gasteiger partial charge in [0.2, 0.25) is 0 Å². The molecule has 0 saturated carbocycles. The number of carbonyl (C=O) groups excluding carboxylic acids is 1. The maximum absolute atomic E-state index is 10.5. The fourth-order valence-electron chi connectivity index (χ4n) is 0.416. The van der Waals surface area contributed by atoms with E-state index in [1.165, 1.54) is 11.8 Å². The van der Waals surface area contributed by atoms with Gasteiger partial charge in [0.05, 0.1) is 0 Å². The van der Waals surface area contributed by atoms with Crippen molar-refractivity contribution in [3.63, 3.8) is 0 Å². The molecular weight excluding hydrogens is 156 g/mol. The summed E-state index contributed by atoms with van der Waals surface area (Å²) in [5, 5.41) is 0.126. The van der Waals surface area contributed by atoms with Crippen molar-refractivity contribution in [3.8, 4) is 0 Å². The SMILES string of the molecule is CC(=O)SC(C)(C)CCl. The van der Waals surface area contributed by atoms with Gasteiger partial charge in [0, 0.05) is 17.6 Å². The lowest BCUT2D eigenvalue weighted by atomic mass is 10.2. The van der Waals surface area contributed by atoms with Crippen LogP contribution in [-0.2, 0) is 4.79 Å². The van der Waals surface area contributed by atoms with Gasteiger partial charge in [0.1, 0.15) is 0 Å². The van der Waals surface area contributed by atoms with Crippen molar-refractivity contribution in [2.75, 3.05) is 5.88 Å². The zero-order valence-electron chi connectivity index (χ0n) is 5.90. The van der Waals surface area contributed by atoms with Gasteiger partial charge in [-0.15, -0.1) is 11.6 Å². The van der Waals surface area contributed by atoms with E-state index < -0.39 is 0 Å². The molecule has 0 unspecified atom stereocenters. The van der Waals surface area contributed by atoms with E-state index in [0.29, 0.717) is 5.88 Å². The normalized spacial score (nSPS) is 11.6. The maximum atomic E-state index is 10.5. The number of carbonyl (C=O) groups is 1. The van der Waals surface area contributed by atoms with Crippen molar-refractivity contribution >= 4 is 28.5 Å². The summed E-state index contributed by atoms with van der Waals surface area (Å²) in [4.78, 5) is 10.5. The molecule has 0 atom stereocenters. The highest BCUT2D eigenvalue weighted by atomic mass is 35.5. The van der Waals surface area contributed by atoms with Crippen LogP contribution in [0.15, 0.2) is 0 Å². The van der Waals surface area contributed by atoms with E-state index in [1.807, 2.05) is 13.8 Å². The average Bonchev–Trinajstić information content (AvgIpc) is 1.63. The largest absolute Gasteiger partial charge is 0.288 e. The third kappa shape index (κ3) is 4.79. The number of rotatable bonds is 2. The highest BCUT2D eigenvalue weighted by molar-refractivity contribution is 8.14. The third-order valence-corrected chi connectivity index (χ3v) is 2.55. The maximum Gasteiger partial charge on any atom is 0.186 e. The zero-order valence-corrected chi connectivity index (χ0v) is 7.47. The van der Waals surface area contributed by atoms with E-state index in [9.17, 15) is 4.79 Å². The van der Waals surface area contributed by atoms with Crippen molar-refractivity contribution < 1.29 is 4.79 Å². The van der Waals surface area contributed by atoms with Crippen molar-refractivity contribution in [2.24, 2.45) is 0 Å². The van der Waals surface area contributed by atoms with Crippen LogP contribution in [0.1, 0.15) is 20.8 Å². The molecule has 1 nitrogen and oxygen atoms in total. The Labute approximate surface area is 65.2 Å². The van der Waals surface area contributed by atoms with E-state index >= 15 is 0 Å². The molecule has 0 aliphatic heterocycles.